The summed E-state index contributed by atoms with van der Waals surface area (Å²) in [4.78, 5) is 21.1. The fourth-order valence-corrected chi connectivity index (χ4v) is 2.51. The van der Waals surface area contributed by atoms with Crippen LogP contribution in [0.15, 0.2) is 12.2 Å². The molecule has 0 aromatic rings. The third kappa shape index (κ3) is 17.0. The molecule has 0 aliphatic rings. The molecule has 2 N–H and O–H groups in total. The lowest BCUT2D eigenvalue weighted by molar-refractivity contribution is -0.139. The van der Waals surface area contributed by atoms with Gasteiger partial charge in [0.05, 0.1) is 6.10 Å². The molecule has 0 radical (unpaired) electrons. The van der Waals surface area contributed by atoms with Crippen molar-refractivity contribution in [2.45, 2.75) is 96.5 Å². The molecule has 24 heavy (non-hydrogen) atoms. The molecule has 0 saturated heterocycles. The fourth-order valence-electron chi connectivity index (χ4n) is 2.51. The highest BCUT2D eigenvalue weighted by molar-refractivity contribution is 5.80. The highest BCUT2D eigenvalue weighted by Gasteiger charge is 2.07. The van der Waals surface area contributed by atoms with Gasteiger partial charge < -0.3 is 14.9 Å². The average Bonchev–Trinajstić information content (AvgIpc) is 2.52. The molecular weight excluding hydrogens is 308 g/mol. The lowest BCUT2D eigenvalue weighted by Crippen LogP contribution is -2.09. The molecule has 0 aromatic carbocycles. The maximum Gasteiger partial charge on any atom is 0.513 e. The highest BCUT2D eigenvalue weighted by atomic mass is 16.7. The minimum Gasteiger partial charge on any atom is -0.449 e. The van der Waals surface area contributed by atoms with Gasteiger partial charge in [-0.05, 0) is 32.1 Å². The third-order valence-corrected chi connectivity index (χ3v) is 3.92. The predicted molar refractivity (Wildman–Crippen MR) is 95.0 cm³/mol. The lowest BCUT2D eigenvalue weighted by atomic mass is 10.1. The first-order valence-corrected chi connectivity index (χ1v) is 9.33. The van der Waals surface area contributed by atoms with Gasteiger partial charge in [-0.25, -0.2) is 4.79 Å². The number of allylic oxidation sites excluding steroid dienone is 1. The molecule has 1 atom stereocenters. The molecule has 0 rings (SSSR count). The van der Waals surface area contributed by atoms with Crippen molar-refractivity contribution >= 4 is 12.1 Å². The number of rotatable bonds is 15. The largest absolute Gasteiger partial charge is 0.513 e. The number of carbonyl (C=O) groups is 2. The summed E-state index contributed by atoms with van der Waals surface area (Å²) in [6.45, 7) is 2.19. The smallest absolute Gasteiger partial charge is 0.449 e. The zero-order chi connectivity index (χ0) is 18.0. The van der Waals surface area contributed by atoms with E-state index in [0.717, 1.165) is 51.4 Å². The van der Waals surface area contributed by atoms with Crippen molar-refractivity contribution in [3.63, 3.8) is 0 Å². The molecule has 0 spiro atoms. The van der Waals surface area contributed by atoms with E-state index in [1.807, 2.05) is 0 Å². The van der Waals surface area contributed by atoms with E-state index < -0.39 is 12.1 Å². The Hall–Kier alpha value is -1.36. The Bertz CT molecular complexity index is 352. The molecule has 140 valence electrons. The molecule has 5 heteroatoms. The van der Waals surface area contributed by atoms with Crippen LogP contribution in [-0.2, 0) is 9.53 Å². The van der Waals surface area contributed by atoms with E-state index in [4.69, 9.17) is 5.11 Å². The number of carbonyl (C=O) groups excluding carboxylic acids is 1. The highest BCUT2D eigenvalue weighted by Crippen LogP contribution is 2.10. The first-order chi connectivity index (χ1) is 11.6. The van der Waals surface area contributed by atoms with E-state index in [9.17, 15) is 14.7 Å². The van der Waals surface area contributed by atoms with Gasteiger partial charge in [0.2, 0.25) is 0 Å². The molecule has 0 aromatic heterocycles. The standard InChI is InChI=1S/C19H34O5/c1-2-3-4-11-14-17(20)15-12-9-7-5-6-8-10-13-16-18(21)24-19(22)23/h9,12,17,20H,2-8,10-11,13-16H2,1H3,(H,22,23)/b12-9-/t17-/m1/s1. The SMILES string of the molecule is CCCCCC[C@@H](O)C/C=C\CCCCCCCC(=O)OC(=O)O. The molecule has 0 aliphatic carbocycles. The van der Waals surface area contributed by atoms with Crippen LogP contribution in [0.25, 0.3) is 0 Å². The lowest BCUT2D eigenvalue weighted by Gasteiger charge is -2.07. The summed E-state index contributed by atoms with van der Waals surface area (Å²) in [7, 11) is 0. The normalized spacial score (nSPS) is 12.4. The van der Waals surface area contributed by atoms with Crippen molar-refractivity contribution in [3.8, 4) is 0 Å². The number of unbranched alkanes of at least 4 members (excludes halogenated alkanes) is 8. The second-order valence-corrected chi connectivity index (χ2v) is 6.26. The number of esters is 1. The first-order valence-electron chi connectivity index (χ1n) is 9.33. The average molecular weight is 342 g/mol. The van der Waals surface area contributed by atoms with Crippen molar-refractivity contribution in [1.29, 1.82) is 0 Å². The van der Waals surface area contributed by atoms with Gasteiger partial charge in [0, 0.05) is 6.42 Å². The second kappa shape index (κ2) is 16.5. The van der Waals surface area contributed by atoms with Crippen LogP contribution in [0, 0.1) is 0 Å². The molecule has 5 nitrogen and oxygen atoms in total. The van der Waals surface area contributed by atoms with Crippen LogP contribution in [-0.4, -0.2) is 28.4 Å². The minimum absolute atomic E-state index is 0.169. The van der Waals surface area contributed by atoms with Gasteiger partial charge in [-0.1, -0.05) is 64.0 Å². The van der Waals surface area contributed by atoms with Gasteiger partial charge in [0.15, 0.2) is 0 Å². The first kappa shape index (κ1) is 22.6. The van der Waals surface area contributed by atoms with Crippen LogP contribution in [0.4, 0.5) is 4.79 Å². The zero-order valence-corrected chi connectivity index (χ0v) is 15.0. The van der Waals surface area contributed by atoms with E-state index in [-0.39, 0.29) is 12.5 Å². The van der Waals surface area contributed by atoms with Gasteiger partial charge in [-0.2, -0.15) is 0 Å². The summed E-state index contributed by atoms with van der Waals surface area (Å²) < 4.78 is 4.03. The van der Waals surface area contributed by atoms with Crippen LogP contribution in [0.5, 0.6) is 0 Å². The van der Waals surface area contributed by atoms with Crippen LogP contribution < -0.4 is 0 Å². The van der Waals surface area contributed by atoms with Crippen LogP contribution in [0.2, 0.25) is 0 Å². The molecule has 0 heterocycles. The van der Waals surface area contributed by atoms with Gasteiger partial charge in [-0.15, -0.1) is 0 Å². The van der Waals surface area contributed by atoms with Crippen molar-refractivity contribution in [3.05, 3.63) is 12.2 Å². The summed E-state index contributed by atoms with van der Waals surface area (Å²) in [6, 6.07) is 0. The molecule has 0 unspecified atom stereocenters. The van der Waals surface area contributed by atoms with Crippen LogP contribution >= 0.6 is 0 Å². The maximum absolute atomic E-state index is 11.0. The van der Waals surface area contributed by atoms with Gasteiger partial charge in [-0.3, -0.25) is 4.79 Å². The summed E-state index contributed by atoms with van der Waals surface area (Å²) in [5.74, 6) is -0.668. The monoisotopic (exact) mass is 342 g/mol. The Kier molecular flexibility index (Phi) is 15.6. The Morgan fingerprint density at radius 1 is 0.958 bits per heavy atom. The van der Waals surface area contributed by atoms with E-state index >= 15 is 0 Å². The molecule has 0 bridgehead atoms. The molecule has 0 saturated carbocycles. The number of aliphatic hydroxyl groups excluding tert-OH is 1. The van der Waals surface area contributed by atoms with Crippen LogP contribution in [0.1, 0.15) is 90.4 Å². The zero-order valence-electron chi connectivity index (χ0n) is 15.0. The van der Waals surface area contributed by atoms with E-state index in [2.05, 4.69) is 23.8 Å². The molecule has 0 fully saturated rings. The van der Waals surface area contributed by atoms with E-state index in [1.54, 1.807) is 0 Å². The summed E-state index contributed by atoms with van der Waals surface area (Å²) in [6.07, 6.45) is 14.9. The number of hydrogen-bond donors (Lipinski definition) is 2. The van der Waals surface area contributed by atoms with Crippen molar-refractivity contribution in [2.75, 3.05) is 0 Å². The Morgan fingerprint density at radius 3 is 2.33 bits per heavy atom. The Balaban J connectivity index is 3.34. The Morgan fingerprint density at radius 2 is 1.62 bits per heavy atom. The number of hydrogen-bond acceptors (Lipinski definition) is 4. The molecule has 0 amide bonds. The van der Waals surface area contributed by atoms with Crippen molar-refractivity contribution in [1.82, 2.24) is 0 Å². The summed E-state index contributed by atoms with van der Waals surface area (Å²) >= 11 is 0. The van der Waals surface area contributed by atoms with Crippen LogP contribution in [0.3, 0.4) is 0 Å². The fraction of sp³-hybridized carbons (Fsp3) is 0.789. The molecular formula is C19H34O5. The maximum atomic E-state index is 11.0. The Labute approximate surface area is 146 Å². The van der Waals surface area contributed by atoms with E-state index in [0.29, 0.717) is 6.42 Å². The predicted octanol–water partition coefficient (Wildman–Crippen LogP) is 5.22. The topological polar surface area (TPSA) is 83.8 Å². The third-order valence-electron chi connectivity index (χ3n) is 3.92. The summed E-state index contributed by atoms with van der Waals surface area (Å²) in [5.41, 5.74) is 0. The van der Waals surface area contributed by atoms with Gasteiger partial charge in [0.25, 0.3) is 0 Å². The summed E-state index contributed by atoms with van der Waals surface area (Å²) in [5, 5.41) is 18.1. The van der Waals surface area contributed by atoms with Crippen molar-refractivity contribution < 1.29 is 24.5 Å². The van der Waals surface area contributed by atoms with Crippen molar-refractivity contribution in [2.24, 2.45) is 0 Å². The number of aliphatic hydroxyl groups is 1. The number of ether oxygens (including phenoxy) is 1. The quantitative estimate of drug-likeness (QED) is 0.184. The number of carboxylic acid groups (broad SMARTS) is 1. The van der Waals surface area contributed by atoms with Gasteiger partial charge in [0.1, 0.15) is 0 Å². The molecule has 0 aliphatic heterocycles. The van der Waals surface area contributed by atoms with E-state index in [1.165, 1.54) is 19.3 Å². The second-order valence-electron chi connectivity index (χ2n) is 6.26. The van der Waals surface area contributed by atoms with Gasteiger partial charge >= 0.3 is 12.1 Å². The minimum atomic E-state index is -1.53.